The van der Waals surface area contributed by atoms with Crippen molar-refractivity contribution in [3.63, 3.8) is 0 Å². The Bertz CT molecular complexity index is 443. The molecule has 1 fully saturated rings. The largest absolute Gasteiger partial charge is 0.357 e. The van der Waals surface area contributed by atoms with Gasteiger partial charge in [-0.3, -0.25) is 4.79 Å². The number of aromatic nitrogens is 2. The fourth-order valence-electron chi connectivity index (χ4n) is 1.97. The first kappa shape index (κ1) is 12.8. The number of carbonyl (C=O) groups excluding carboxylic acids is 1. The van der Waals surface area contributed by atoms with Gasteiger partial charge >= 0.3 is 0 Å². The van der Waals surface area contributed by atoms with Gasteiger partial charge in [0.25, 0.3) is 5.91 Å². The van der Waals surface area contributed by atoms with E-state index in [9.17, 15) is 4.79 Å². The lowest BCUT2D eigenvalue weighted by atomic mass is 10.1. The average Bonchev–Trinajstić information content (AvgIpc) is 3.18. The Hall–Kier alpha value is -1.65. The molecule has 0 bridgehead atoms. The quantitative estimate of drug-likeness (QED) is 0.830. The zero-order valence-corrected chi connectivity index (χ0v) is 11.2. The maximum Gasteiger partial charge on any atom is 0.270 e. The third-order valence-corrected chi connectivity index (χ3v) is 3.32. The fourth-order valence-corrected chi connectivity index (χ4v) is 1.97. The van der Waals surface area contributed by atoms with Crippen molar-refractivity contribution in [2.24, 2.45) is 11.8 Å². The molecule has 0 saturated heterocycles. The molecular formula is C13H20N4O. The molecule has 2 rings (SSSR count). The Morgan fingerprint density at radius 2 is 2.22 bits per heavy atom. The molecule has 1 aliphatic rings. The van der Waals surface area contributed by atoms with E-state index in [0.717, 1.165) is 18.2 Å². The summed E-state index contributed by atoms with van der Waals surface area (Å²) in [4.78, 5) is 20.3. The Kier molecular flexibility index (Phi) is 3.79. The SMILES string of the molecule is CNc1nc(C)cc(C(=O)NCC(C)C2CC2)n1. The second kappa shape index (κ2) is 5.33. The van der Waals surface area contributed by atoms with Crippen LogP contribution in [0.3, 0.4) is 0 Å². The number of carbonyl (C=O) groups is 1. The third kappa shape index (κ3) is 3.18. The monoisotopic (exact) mass is 248 g/mol. The molecular weight excluding hydrogens is 228 g/mol. The highest BCUT2D eigenvalue weighted by Gasteiger charge is 2.28. The van der Waals surface area contributed by atoms with Crippen LogP contribution in [0.2, 0.25) is 0 Å². The molecule has 1 saturated carbocycles. The zero-order valence-electron chi connectivity index (χ0n) is 11.2. The van der Waals surface area contributed by atoms with Crippen molar-refractivity contribution in [3.05, 3.63) is 17.5 Å². The van der Waals surface area contributed by atoms with Crippen molar-refractivity contribution >= 4 is 11.9 Å². The summed E-state index contributed by atoms with van der Waals surface area (Å²) < 4.78 is 0. The van der Waals surface area contributed by atoms with Crippen molar-refractivity contribution in [2.45, 2.75) is 26.7 Å². The van der Waals surface area contributed by atoms with Crippen molar-refractivity contribution in [2.75, 3.05) is 18.9 Å². The predicted octanol–water partition coefficient (Wildman–Crippen LogP) is 1.60. The molecule has 98 valence electrons. The van der Waals surface area contributed by atoms with Gasteiger partial charge in [0, 0.05) is 19.3 Å². The second-order valence-electron chi connectivity index (χ2n) is 4.99. The number of anilines is 1. The zero-order chi connectivity index (χ0) is 13.1. The van der Waals surface area contributed by atoms with E-state index in [4.69, 9.17) is 0 Å². The molecule has 1 amide bonds. The van der Waals surface area contributed by atoms with E-state index in [1.807, 2.05) is 6.92 Å². The number of aryl methyl sites for hydroxylation is 1. The lowest BCUT2D eigenvalue weighted by molar-refractivity contribution is 0.0941. The van der Waals surface area contributed by atoms with Crippen LogP contribution in [-0.4, -0.2) is 29.5 Å². The highest BCUT2D eigenvalue weighted by Crippen LogP contribution is 2.36. The molecule has 0 radical (unpaired) electrons. The summed E-state index contributed by atoms with van der Waals surface area (Å²) in [5.74, 6) is 1.71. The highest BCUT2D eigenvalue weighted by atomic mass is 16.1. The standard InChI is InChI=1S/C13H20N4O/c1-8(10-4-5-10)7-15-12(18)11-6-9(2)16-13(14-3)17-11/h6,8,10H,4-5,7H2,1-3H3,(H,15,18)(H,14,16,17). The van der Waals surface area contributed by atoms with Crippen molar-refractivity contribution in [3.8, 4) is 0 Å². The van der Waals surface area contributed by atoms with E-state index >= 15 is 0 Å². The predicted molar refractivity (Wildman–Crippen MR) is 70.5 cm³/mol. The highest BCUT2D eigenvalue weighted by molar-refractivity contribution is 5.92. The third-order valence-electron chi connectivity index (χ3n) is 3.32. The molecule has 1 heterocycles. The van der Waals surface area contributed by atoms with Crippen LogP contribution in [-0.2, 0) is 0 Å². The number of rotatable bonds is 5. The number of hydrogen-bond donors (Lipinski definition) is 2. The normalized spacial score (nSPS) is 16.2. The summed E-state index contributed by atoms with van der Waals surface area (Å²) >= 11 is 0. The molecule has 1 aromatic heterocycles. The summed E-state index contributed by atoms with van der Waals surface area (Å²) in [6, 6.07) is 1.71. The van der Waals surface area contributed by atoms with Gasteiger partial charge in [-0.2, -0.15) is 0 Å². The molecule has 0 aliphatic heterocycles. The molecule has 18 heavy (non-hydrogen) atoms. The van der Waals surface area contributed by atoms with Crippen LogP contribution in [0.5, 0.6) is 0 Å². The van der Waals surface area contributed by atoms with Gasteiger partial charge in [-0.25, -0.2) is 9.97 Å². The molecule has 1 aromatic rings. The van der Waals surface area contributed by atoms with E-state index in [-0.39, 0.29) is 5.91 Å². The Balaban J connectivity index is 1.96. The number of amides is 1. The first-order valence-corrected chi connectivity index (χ1v) is 6.41. The summed E-state index contributed by atoms with van der Waals surface area (Å²) in [5, 5.41) is 5.80. The first-order valence-electron chi connectivity index (χ1n) is 6.41. The fraction of sp³-hybridized carbons (Fsp3) is 0.615. The molecule has 0 spiro atoms. The maximum atomic E-state index is 12.0. The summed E-state index contributed by atoms with van der Waals surface area (Å²) in [6.45, 7) is 4.76. The van der Waals surface area contributed by atoms with Gasteiger partial charge in [0.2, 0.25) is 5.95 Å². The van der Waals surface area contributed by atoms with E-state index in [1.54, 1.807) is 13.1 Å². The minimum Gasteiger partial charge on any atom is -0.357 e. The minimum atomic E-state index is -0.121. The van der Waals surface area contributed by atoms with Gasteiger partial charge in [-0.05, 0) is 37.7 Å². The van der Waals surface area contributed by atoms with Crippen LogP contribution in [0.1, 0.15) is 35.9 Å². The van der Waals surface area contributed by atoms with E-state index < -0.39 is 0 Å². The van der Waals surface area contributed by atoms with Gasteiger partial charge in [0.1, 0.15) is 5.69 Å². The van der Waals surface area contributed by atoms with E-state index in [2.05, 4.69) is 27.5 Å². The summed E-state index contributed by atoms with van der Waals surface area (Å²) in [7, 11) is 1.74. The Labute approximate surface area is 107 Å². The van der Waals surface area contributed by atoms with Gasteiger partial charge in [-0.1, -0.05) is 6.92 Å². The molecule has 0 aromatic carbocycles. The lowest BCUT2D eigenvalue weighted by Gasteiger charge is -2.11. The van der Waals surface area contributed by atoms with Crippen LogP contribution in [0.4, 0.5) is 5.95 Å². The first-order chi connectivity index (χ1) is 8.60. The molecule has 1 aliphatic carbocycles. The molecule has 5 heteroatoms. The average molecular weight is 248 g/mol. The summed E-state index contributed by atoms with van der Waals surface area (Å²) in [6.07, 6.45) is 2.60. The topological polar surface area (TPSA) is 66.9 Å². The van der Waals surface area contributed by atoms with Crippen molar-refractivity contribution in [1.29, 1.82) is 0 Å². The van der Waals surface area contributed by atoms with Crippen molar-refractivity contribution < 1.29 is 4.79 Å². The summed E-state index contributed by atoms with van der Waals surface area (Å²) in [5.41, 5.74) is 1.21. The number of nitrogens with zero attached hydrogens (tertiary/aromatic N) is 2. The van der Waals surface area contributed by atoms with Crippen LogP contribution < -0.4 is 10.6 Å². The molecule has 1 atom stereocenters. The van der Waals surface area contributed by atoms with Crippen LogP contribution in [0.25, 0.3) is 0 Å². The Morgan fingerprint density at radius 1 is 1.50 bits per heavy atom. The van der Waals surface area contributed by atoms with Crippen molar-refractivity contribution in [1.82, 2.24) is 15.3 Å². The van der Waals surface area contributed by atoms with Crippen LogP contribution >= 0.6 is 0 Å². The van der Waals surface area contributed by atoms with E-state index in [0.29, 0.717) is 17.6 Å². The van der Waals surface area contributed by atoms with Gasteiger partial charge in [0.05, 0.1) is 0 Å². The molecule has 5 nitrogen and oxygen atoms in total. The minimum absolute atomic E-state index is 0.121. The van der Waals surface area contributed by atoms with Gasteiger partial charge in [0.15, 0.2) is 0 Å². The smallest absolute Gasteiger partial charge is 0.270 e. The van der Waals surface area contributed by atoms with Gasteiger partial charge < -0.3 is 10.6 Å². The second-order valence-corrected chi connectivity index (χ2v) is 4.99. The van der Waals surface area contributed by atoms with Crippen LogP contribution in [0, 0.1) is 18.8 Å². The van der Waals surface area contributed by atoms with Gasteiger partial charge in [-0.15, -0.1) is 0 Å². The maximum absolute atomic E-state index is 12.0. The number of nitrogens with one attached hydrogen (secondary N) is 2. The number of hydrogen-bond acceptors (Lipinski definition) is 4. The molecule has 2 N–H and O–H groups in total. The van der Waals surface area contributed by atoms with Crippen LogP contribution in [0.15, 0.2) is 6.07 Å². The Morgan fingerprint density at radius 3 is 2.83 bits per heavy atom. The lowest BCUT2D eigenvalue weighted by Crippen LogP contribution is -2.30. The van der Waals surface area contributed by atoms with E-state index in [1.165, 1.54) is 12.8 Å². The molecule has 1 unspecified atom stereocenters.